The van der Waals surface area contributed by atoms with Crippen LogP contribution in [0.25, 0.3) is 5.69 Å². The Morgan fingerprint density at radius 2 is 2.06 bits per heavy atom. The van der Waals surface area contributed by atoms with E-state index >= 15 is 0 Å². The summed E-state index contributed by atoms with van der Waals surface area (Å²) in [6.45, 7) is 2.32. The van der Waals surface area contributed by atoms with Gasteiger partial charge in [-0.1, -0.05) is 13.3 Å². The van der Waals surface area contributed by atoms with Crippen LogP contribution in [0, 0.1) is 5.92 Å². The largest absolute Gasteiger partial charge is 0.382 e. The van der Waals surface area contributed by atoms with Crippen LogP contribution < -0.4 is 5.32 Å². The fourth-order valence-electron chi connectivity index (χ4n) is 2.56. The fraction of sp³-hybridized carbons (Fsp3) is 0.462. The predicted octanol–water partition coefficient (Wildman–Crippen LogP) is 2.26. The van der Waals surface area contributed by atoms with Crippen LogP contribution in [0.5, 0.6) is 0 Å². The van der Waals surface area contributed by atoms with E-state index in [9.17, 15) is 0 Å². The van der Waals surface area contributed by atoms with Crippen LogP contribution in [0.1, 0.15) is 26.2 Å². The zero-order valence-electron chi connectivity index (χ0n) is 10.5. The van der Waals surface area contributed by atoms with Gasteiger partial charge in [-0.15, -0.1) is 5.10 Å². The van der Waals surface area contributed by atoms with E-state index in [1.54, 1.807) is 11.0 Å². The van der Waals surface area contributed by atoms with E-state index in [2.05, 4.69) is 39.9 Å². The zero-order valence-corrected chi connectivity index (χ0v) is 10.5. The van der Waals surface area contributed by atoms with Gasteiger partial charge in [-0.05, 0) is 53.5 Å². The average Bonchev–Trinajstić information content (AvgIpc) is 3.03. The first-order valence-electron chi connectivity index (χ1n) is 6.43. The number of benzene rings is 1. The highest BCUT2D eigenvalue weighted by molar-refractivity contribution is 5.49. The van der Waals surface area contributed by atoms with Gasteiger partial charge >= 0.3 is 0 Å². The second-order valence-corrected chi connectivity index (χ2v) is 4.96. The number of tetrazole rings is 1. The van der Waals surface area contributed by atoms with Crippen LogP contribution in [0.4, 0.5) is 5.69 Å². The summed E-state index contributed by atoms with van der Waals surface area (Å²) < 4.78 is 1.65. The van der Waals surface area contributed by atoms with Crippen molar-refractivity contribution in [3.8, 4) is 5.69 Å². The molecule has 2 atom stereocenters. The quantitative estimate of drug-likeness (QED) is 0.898. The number of aromatic nitrogens is 4. The maximum Gasteiger partial charge on any atom is 0.143 e. The van der Waals surface area contributed by atoms with E-state index in [1.807, 2.05) is 12.1 Å². The highest BCUT2D eigenvalue weighted by atomic mass is 15.5. The number of nitrogens with one attached hydrogen (secondary N) is 1. The van der Waals surface area contributed by atoms with Crippen molar-refractivity contribution in [2.75, 3.05) is 5.32 Å². The molecule has 1 aromatic carbocycles. The number of hydrogen-bond acceptors (Lipinski definition) is 4. The zero-order chi connectivity index (χ0) is 12.4. The molecule has 1 heterocycles. The van der Waals surface area contributed by atoms with E-state index in [4.69, 9.17) is 0 Å². The fourth-order valence-corrected chi connectivity index (χ4v) is 2.56. The minimum absolute atomic E-state index is 0.615. The lowest BCUT2D eigenvalue weighted by Crippen LogP contribution is -2.21. The van der Waals surface area contributed by atoms with Gasteiger partial charge in [0.2, 0.25) is 0 Å². The van der Waals surface area contributed by atoms with E-state index in [0.29, 0.717) is 6.04 Å². The minimum atomic E-state index is 0.615. The highest BCUT2D eigenvalue weighted by Gasteiger charge is 2.22. The Balaban J connectivity index is 1.71. The van der Waals surface area contributed by atoms with Crippen LogP contribution >= 0.6 is 0 Å². The van der Waals surface area contributed by atoms with Gasteiger partial charge in [0.05, 0.1) is 5.69 Å². The van der Waals surface area contributed by atoms with E-state index in [-0.39, 0.29) is 0 Å². The maximum atomic E-state index is 3.87. The number of hydrogen-bond donors (Lipinski definition) is 1. The Morgan fingerprint density at radius 1 is 1.22 bits per heavy atom. The monoisotopic (exact) mass is 243 g/mol. The standard InChI is InChI=1S/C13H17N5/c1-10-3-2-4-13(10)15-11-5-7-12(8-6-11)18-9-14-16-17-18/h5-10,13,15H,2-4H2,1H3. The molecule has 5 heteroatoms. The van der Waals surface area contributed by atoms with Gasteiger partial charge in [-0.2, -0.15) is 0 Å². The van der Waals surface area contributed by atoms with Gasteiger partial charge in [-0.3, -0.25) is 0 Å². The Kier molecular flexibility index (Phi) is 2.96. The molecule has 1 aliphatic rings. The number of rotatable bonds is 3. The normalized spacial score (nSPS) is 23.2. The Morgan fingerprint density at radius 3 is 2.67 bits per heavy atom. The molecular weight excluding hydrogens is 226 g/mol. The smallest absolute Gasteiger partial charge is 0.143 e. The summed E-state index contributed by atoms with van der Waals surface area (Å²) in [5.74, 6) is 0.768. The lowest BCUT2D eigenvalue weighted by atomic mass is 10.1. The summed E-state index contributed by atoms with van der Waals surface area (Å²) in [4.78, 5) is 0. The third kappa shape index (κ3) is 2.20. The Hall–Kier alpha value is -1.91. The first-order chi connectivity index (χ1) is 8.83. The first-order valence-corrected chi connectivity index (χ1v) is 6.43. The SMILES string of the molecule is CC1CCCC1Nc1ccc(-n2cnnn2)cc1. The van der Waals surface area contributed by atoms with Gasteiger partial charge in [0.25, 0.3) is 0 Å². The molecule has 1 saturated carbocycles. The molecule has 1 aromatic heterocycles. The molecular formula is C13H17N5. The lowest BCUT2D eigenvalue weighted by molar-refractivity contribution is 0.556. The van der Waals surface area contributed by atoms with E-state index in [0.717, 1.165) is 11.6 Å². The minimum Gasteiger partial charge on any atom is -0.382 e. The molecule has 18 heavy (non-hydrogen) atoms. The van der Waals surface area contributed by atoms with Crippen LogP contribution in [-0.2, 0) is 0 Å². The number of anilines is 1. The molecule has 1 N–H and O–H groups in total. The average molecular weight is 243 g/mol. The van der Waals surface area contributed by atoms with E-state index in [1.165, 1.54) is 24.9 Å². The van der Waals surface area contributed by atoms with Crippen molar-refractivity contribution in [1.82, 2.24) is 20.2 Å². The van der Waals surface area contributed by atoms with E-state index < -0.39 is 0 Å². The van der Waals surface area contributed by atoms with Crippen LogP contribution in [0.3, 0.4) is 0 Å². The predicted molar refractivity (Wildman–Crippen MR) is 69.6 cm³/mol. The molecule has 5 nitrogen and oxygen atoms in total. The van der Waals surface area contributed by atoms with Crippen molar-refractivity contribution < 1.29 is 0 Å². The van der Waals surface area contributed by atoms with Gasteiger partial charge in [0.1, 0.15) is 6.33 Å². The second kappa shape index (κ2) is 4.76. The van der Waals surface area contributed by atoms with Gasteiger partial charge in [-0.25, -0.2) is 4.68 Å². The Labute approximate surface area is 106 Å². The molecule has 0 radical (unpaired) electrons. The van der Waals surface area contributed by atoms with Crippen molar-refractivity contribution >= 4 is 5.69 Å². The third-order valence-electron chi connectivity index (χ3n) is 3.69. The summed E-state index contributed by atoms with van der Waals surface area (Å²) in [7, 11) is 0. The van der Waals surface area contributed by atoms with Crippen molar-refractivity contribution in [1.29, 1.82) is 0 Å². The molecule has 0 saturated heterocycles. The Bertz CT molecular complexity index is 491. The topological polar surface area (TPSA) is 55.6 Å². The van der Waals surface area contributed by atoms with Gasteiger partial charge < -0.3 is 5.32 Å². The molecule has 0 spiro atoms. The summed E-state index contributed by atoms with van der Waals surface area (Å²) >= 11 is 0. The molecule has 0 aliphatic heterocycles. The van der Waals surface area contributed by atoms with Crippen LogP contribution in [-0.4, -0.2) is 26.2 Å². The lowest BCUT2D eigenvalue weighted by Gasteiger charge is -2.18. The van der Waals surface area contributed by atoms with Gasteiger partial charge in [0.15, 0.2) is 0 Å². The molecule has 94 valence electrons. The molecule has 2 aromatic rings. The molecule has 2 unspecified atom stereocenters. The molecule has 1 fully saturated rings. The highest BCUT2D eigenvalue weighted by Crippen LogP contribution is 2.28. The molecule has 3 rings (SSSR count). The van der Waals surface area contributed by atoms with Crippen molar-refractivity contribution in [2.24, 2.45) is 5.92 Å². The van der Waals surface area contributed by atoms with Crippen LogP contribution in [0.15, 0.2) is 30.6 Å². The van der Waals surface area contributed by atoms with Crippen LogP contribution in [0.2, 0.25) is 0 Å². The molecule has 0 amide bonds. The number of nitrogens with zero attached hydrogens (tertiary/aromatic N) is 4. The summed E-state index contributed by atoms with van der Waals surface area (Å²) in [5.41, 5.74) is 2.15. The summed E-state index contributed by atoms with van der Waals surface area (Å²) in [6.07, 6.45) is 5.54. The molecule has 0 bridgehead atoms. The first kappa shape index (κ1) is 11.2. The summed E-state index contributed by atoms with van der Waals surface area (Å²) in [5, 5.41) is 14.7. The maximum absolute atomic E-state index is 3.87. The second-order valence-electron chi connectivity index (χ2n) is 4.96. The van der Waals surface area contributed by atoms with Crippen molar-refractivity contribution in [3.63, 3.8) is 0 Å². The van der Waals surface area contributed by atoms with Crippen molar-refractivity contribution in [3.05, 3.63) is 30.6 Å². The molecule has 1 aliphatic carbocycles. The third-order valence-corrected chi connectivity index (χ3v) is 3.69. The summed E-state index contributed by atoms with van der Waals surface area (Å²) in [6, 6.07) is 8.84. The van der Waals surface area contributed by atoms with Gasteiger partial charge in [0, 0.05) is 11.7 Å². The van der Waals surface area contributed by atoms with Crippen molar-refractivity contribution in [2.45, 2.75) is 32.2 Å².